The normalized spacial score (nSPS) is 18.0. The van der Waals surface area contributed by atoms with Gasteiger partial charge < -0.3 is 15.2 Å². The Labute approximate surface area is 138 Å². The van der Waals surface area contributed by atoms with Crippen LogP contribution in [0.2, 0.25) is 0 Å². The lowest BCUT2D eigenvalue weighted by Crippen LogP contribution is -2.21. The minimum Gasteiger partial charge on any atom is -0.485 e. The van der Waals surface area contributed by atoms with Crippen molar-refractivity contribution in [2.75, 3.05) is 6.54 Å². The number of ether oxygens (including phenoxy) is 1. The molecule has 1 saturated heterocycles. The van der Waals surface area contributed by atoms with Crippen LogP contribution in [0.1, 0.15) is 28.4 Å². The molecular weight excluding hydrogens is 313 g/mol. The summed E-state index contributed by atoms with van der Waals surface area (Å²) >= 11 is 0. The van der Waals surface area contributed by atoms with Crippen molar-refractivity contribution in [2.24, 2.45) is 5.92 Å². The van der Waals surface area contributed by atoms with Crippen molar-refractivity contribution in [3.63, 3.8) is 0 Å². The molecule has 2 aromatic carbocycles. The number of carboxylic acid groups (broad SMARTS) is 1. The van der Waals surface area contributed by atoms with Crippen molar-refractivity contribution in [3.05, 3.63) is 65.5 Å². The van der Waals surface area contributed by atoms with Gasteiger partial charge in [0.15, 0.2) is 0 Å². The number of rotatable bonds is 5. The second-order valence-electron chi connectivity index (χ2n) is 5.69. The zero-order chi connectivity index (χ0) is 17.1. The summed E-state index contributed by atoms with van der Waals surface area (Å²) in [5.41, 5.74) is 0.929. The maximum Gasteiger partial charge on any atom is 0.335 e. The molecule has 1 heterocycles. The highest BCUT2D eigenvalue weighted by molar-refractivity contribution is 5.87. The first-order valence-electron chi connectivity index (χ1n) is 7.55. The summed E-state index contributed by atoms with van der Waals surface area (Å²) in [5.74, 6) is -0.987. The maximum atomic E-state index is 13.2. The Bertz CT molecular complexity index is 743. The first kappa shape index (κ1) is 16.0. The third kappa shape index (κ3) is 3.53. The average molecular weight is 329 g/mol. The number of benzene rings is 2. The van der Waals surface area contributed by atoms with E-state index in [4.69, 9.17) is 9.84 Å². The molecule has 3 rings (SSSR count). The molecule has 0 bridgehead atoms. The van der Waals surface area contributed by atoms with Crippen molar-refractivity contribution < 1.29 is 23.8 Å². The number of carboxylic acids is 1. The molecule has 2 atom stereocenters. The molecule has 2 unspecified atom stereocenters. The van der Waals surface area contributed by atoms with Gasteiger partial charge in [0.1, 0.15) is 17.7 Å². The van der Waals surface area contributed by atoms with E-state index in [2.05, 4.69) is 5.32 Å². The number of carbonyl (C=O) groups excluding carboxylic acids is 1. The summed E-state index contributed by atoms with van der Waals surface area (Å²) in [6.07, 6.45) is -0.102. The van der Waals surface area contributed by atoms with Gasteiger partial charge in [-0.1, -0.05) is 12.1 Å². The summed E-state index contributed by atoms with van der Waals surface area (Å²) in [5, 5.41) is 11.7. The Morgan fingerprint density at radius 2 is 1.83 bits per heavy atom. The van der Waals surface area contributed by atoms with Crippen LogP contribution in [0, 0.1) is 11.7 Å². The summed E-state index contributed by atoms with van der Waals surface area (Å²) in [4.78, 5) is 22.4. The minimum atomic E-state index is -1.01. The van der Waals surface area contributed by atoms with E-state index in [1.165, 1.54) is 24.3 Å². The fourth-order valence-corrected chi connectivity index (χ4v) is 2.75. The van der Waals surface area contributed by atoms with Gasteiger partial charge in [-0.25, -0.2) is 9.18 Å². The smallest absolute Gasteiger partial charge is 0.335 e. The van der Waals surface area contributed by atoms with Crippen molar-refractivity contribution in [3.8, 4) is 5.75 Å². The van der Waals surface area contributed by atoms with Gasteiger partial charge in [0.05, 0.1) is 5.56 Å². The standard InChI is InChI=1S/C18H16FNO4/c19-14-5-1-11(2-6-14)17(13-9-16(21)20-10-13)24-15-7-3-12(4-8-15)18(22)23/h1-8,13,17H,9-10H2,(H,20,21)(H,22,23). The highest BCUT2D eigenvalue weighted by Gasteiger charge is 2.32. The first-order chi connectivity index (χ1) is 11.5. The molecule has 2 N–H and O–H groups in total. The van der Waals surface area contributed by atoms with E-state index >= 15 is 0 Å². The van der Waals surface area contributed by atoms with Crippen LogP contribution in [0.5, 0.6) is 5.75 Å². The Morgan fingerprint density at radius 3 is 2.38 bits per heavy atom. The lowest BCUT2D eigenvalue weighted by molar-refractivity contribution is -0.119. The quantitative estimate of drug-likeness (QED) is 0.884. The summed E-state index contributed by atoms with van der Waals surface area (Å²) in [7, 11) is 0. The molecule has 5 nitrogen and oxygen atoms in total. The van der Waals surface area contributed by atoms with E-state index < -0.39 is 12.1 Å². The van der Waals surface area contributed by atoms with Gasteiger partial charge in [-0.15, -0.1) is 0 Å². The van der Waals surface area contributed by atoms with Crippen molar-refractivity contribution in [2.45, 2.75) is 12.5 Å². The SMILES string of the molecule is O=C1CC(C(Oc2ccc(C(=O)O)cc2)c2ccc(F)cc2)CN1. The summed E-state index contributed by atoms with van der Waals surface area (Å²) in [6, 6.07) is 12.0. The van der Waals surface area contributed by atoms with Crippen LogP contribution < -0.4 is 10.1 Å². The van der Waals surface area contributed by atoms with E-state index in [0.29, 0.717) is 18.7 Å². The molecule has 1 amide bonds. The Balaban J connectivity index is 1.85. The van der Waals surface area contributed by atoms with Crippen molar-refractivity contribution in [1.29, 1.82) is 0 Å². The topological polar surface area (TPSA) is 75.6 Å². The van der Waals surface area contributed by atoms with Crippen LogP contribution >= 0.6 is 0 Å². The molecule has 0 saturated carbocycles. The molecule has 2 aromatic rings. The van der Waals surface area contributed by atoms with E-state index in [1.54, 1.807) is 24.3 Å². The van der Waals surface area contributed by atoms with Gasteiger partial charge in [-0.05, 0) is 42.0 Å². The molecule has 0 aromatic heterocycles. The number of hydrogen-bond acceptors (Lipinski definition) is 3. The Hall–Kier alpha value is -2.89. The fourth-order valence-electron chi connectivity index (χ4n) is 2.75. The third-order valence-electron chi connectivity index (χ3n) is 4.00. The minimum absolute atomic E-state index is 0.0445. The average Bonchev–Trinajstić information content (AvgIpc) is 3.00. The highest BCUT2D eigenvalue weighted by atomic mass is 19.1. The maximum absolute atomic E-state index is 13.2. The van der Waals surface area contributed by atoms with Crippen molar-refractivity contribution in [1.82, 2.24) is 5.32 Å². The number of aromatic carboxylic acids is 1. The summed E-state index contributed by atoms with van der Waals surface area (Å²) < 4.78 is 19.2. The monoisotopic (exact) mass is 329 g/mol. The second kappa shape index (κ2) is 6.70. The van der Waals surface area contributed by atoms with Crippen LogP contribution in [0.25, 0.3) is 0 Å². The lowest BCUT2D eigenvalue weighted by atomic mass is 9.94. The predicted molar refractivity (Wildman–Crippen MR) is 84.3 cm³/mol. The summed E-state index contributed by atoms with van der Waals surface area (Å²) in [6.45, 7) is 0.480. The van der Waals surface area contributed by atoms with Crippen LogP contribution in [-0.2, 0) is 4.79 Å². The van der Waals surface area contributed by atoms with Crippen LogP contribution in [0.15, 0.2) is 48.5 Å². The van der Waals surface area contributed by atoms with Gasteiger partial charge in [-0.3, -0.25) is 4.79 Å². The second-order valence-corrected chi connectivity index (χ2v) is 5.69. The largest absolute Gasteiger partial charge is 0.485 e. The van der Waals surface area contributed by atoms with Crippen molar-refractivity contribution >= 4 is 11.9 Å². The first-order valence-corrected chi connectivity index (χ1v) is 7.55. The van der Waals surface area contributed by atoms with Crippen LogP contribution in [0.3, 0.4) is 0 Å². The molecule has 24 heavy (non-hydrogen) atoms. The van der Waals surface area contributed by atoms with Gasteiger partial charge in [-0.2, -0.15) is 0 Å². The van der Waals surface area contributed by atoms with Gasteiger partial charge in [0, 0.05) is 18.9 Å². The van der Waals surface area contributed by atoms with Crippen LogP contribution in [-0.4, -0.2) is 23.5 Å². The van der Waals surface area contributed by atoms with E-state index in [0.717, 1.165) is 5.56 Å². The highest BCUT2D eigenvalue weighted by Crippen LogP contribution is 2.32. The van der Waals surface area contributed by atoms with Gasteiger partial charge >= 0.3 is 5.97 Å². The molecule has 0 aliphatic carbocycles. The number of nitrogens with one attached hydrogen (secondary N) is 1. The van der Waals surface area contributed by atoms with Gasteiger partial charge in [0.25, 0.3) is 0 Å². The van der Waals surface area contributed by atoms with E-state index in [9.17, 15) is 14.0 Å². The molecule has 1 aliphatic heterocycles. The number of amides is 1. The van der Waals surface area contributed by atoms with Gasteiger partial charge in [0.2, 0.25) is 5.91 Å². The zero-order valence-electron chi connectivity index (χ0n) is 12.7. The van der Waals surface area contributed by atoms with E-state index in [-0.39, 0.29) is 23.2 Å². The van der Waals surface area contributed by atoms with E-state index in [1.807, 2.05) is 0 Å². The number of halogens is 1. The molecule has 1 aliphatic rings. The molecule has 0 radical (unpaired) electrons. The molecule has 1 fully saturated rings. The molecule has 6 heteroatoms. The molecule has 0 spiro atoms. The Kier molecular flexibility index (Phi) is 4.46. The third-order valence-corrected chi connectivity index (χ3v) is 4.00. The fraction of sp³-hybridized carbons (Fsp3) is 0.222. The predicted octanol–water partition coefficient (Wildman–Crippen LogP) is 2.78. The molecular formula is C18H16FNO4. The molecule has 124 valence electrons. The lowest BCUT2D eigenvalue weighted by Gasteiger charge is -2.24. The number of hydrogen-bond donors (Lipinski definition) is 2. The Morgan fingerprint density at radius 1 is 1.17 bits per heavy atom. The van der Waals surface area contributed by atoms with Crippen LogP contribution in [0.4, 0.5) is 4.39 Å². The number of carbonyl (C=O) groups is 2. The zero-order valence-corrected chi connectivity index (χ0v) is 12.7.